The summed E-state index contributed by atoms with van der Waals surface area (Å²) in [6, 6.07) is 7.12. The summed E-state index contributed by atoms with van der Waals surface area (Å²) in [4.78, 5) is 2.61. The van der Waals surface area contributed by atoms with Crippen LogP contribution in [0.1, 0.15) is 19.8 Å². The van der Waals surface area contributed by atoms with Gasteiger partial charge in [-0.2, -0.15) is 0 Å². The lowest BCUT2D eigenvalue weighted by Crippen LogP contribution is -2.35. The number of benzene rings is 1. The molecule has 1 heterocycles. The second kappa shape index (κ2) is 5.49. The van der Waals surface area contributed by atoms with Crippen molar-refractivity contribution < 1.29 is 8.42 Å². The van der Waals surface area contributed by atoms with E-state index in [-0.39, 0.29) is 11.1 Å². The van der Waals surface area contributed by atoms with Crippen LogP contribution in [-0.4, -0.2) is 32.6 Å². The highest BCUT2D eigenvalue weighted by atomic mass is 35.5. The lowest BCUT2D eigenvalue weighted by atomic mass is 10.1. The molecule has 0 aromatic heterocycles. The van der Waals surface area contributed by atoms with Gasteiger partial charge in [0.05, 0.1) is 16.0 Å². The largest absolute Gasteiger partial charge is 0.370 e. The van der Waals surface area contributed by atoms with Crippen molar-refractivity contribution in [3.05, 3.63) is 24.3 Å². The number of nitrogens with zero attached hydrogens (tertiary/aromatic N) is 1. The van der Waals surface area contributed by atoms with Crippen molar-refractivity contribution in [2.45, 2.75) is 30.0 Å². The molecular formula is C13H18ClNO2S. The fraction of sp³-hybridized carbons (Fsp3) is 0.538. The van der Waals surface area contributed by atoms with Gasteiger partial charge in [0.25, 0.3) is 0 Å². The lowest BCUT2D eigenvalue weighted by Gasteiger charge is -2.31. The smallest absolute Gasteiger partial charge is 0.178 e. The maximum absolute atomic E-state index is 11.7. The number of halogens is 1. The number of sulfone groups is 1. The maximum atomic E-state index is 11.7. The molecule has 0 aliphatic carbocycles. The van der Waals surface area contributed by atoms with Crippen molar-refractivity contribution in [1.29, 1.82) is 0 Å². The van der Waals surface area contributed by atoms with Crippen LogP contribution in [0.2, 0.25) is 0 Å². The molecule has 3 nitrogen and oxygen atoms in total. The first-order valence-electron chi connectivity index (χ1n) is 6.25. The second-order valence-electron chi connectivity index (χ2n) is 4.58. The molecule has 1 aliphatic heterocycles. The number of rotatable bonds is 3. The molecule has 0 N–H and O–H groups in total. The molecular weight excluding hydrogens is 270 g/mol. The highest BCUT2D eigenvalue weighted by Gasteiger charge is 2.18. The van der Waals surface area contributed by atoms with E-state index in [2.05, 4.69) is 4.90 Å². The monoisotopic (exact) mass is 287 g/mol. The van der Waals surface area contributed by atoms with Gasteiger partial charge in [-0.3, -0.25) is 0 Å². The second-order valence-corrected chi connectivity index (χ2v) is 7.48. The fourth-order valence-electron chi connectivity index (χ4n) is 2.19. The van der Waals surface area contributed by atoms with Crippen molar-refractivity contribution >= 4 is 27.1 Å². The van der Waals surface area contributed by atoms with Crippen LogP contribution in [0, 0.1) is 0 Å². The summed E-state index contributed by atoms with van der Waals surface area (Å²) in [6.07, 6.45) is 2.14. The van der Waals surface area contributed by atoms with Crippen LogP contribution in [0.5, 0.6) is 0 Å². The minimum atomic E-state index is -3.10. The Morgan fingerprint density at radius 1 is 1.33 bits per heavy atom. The number of anilines is 1. The van der Waals surface area contributed by atoms with Gasteiger partial charge in [0.2, 0.25) is 0 Å². The molecule has 1 fully saturated rings. The standard InChI is InChI=1S/C13H18ClNO2S/c1-2-18(16,17)13-7-5-12(6-8-13)15-9-3-4-11(14)10-15/h5-8,11H,2-4,9-10H2,1H3. The third kappa shape index (κ3) is 2.98. The summed E-state index contributed by atoms with van der Waals surface area (Å²) in [5, 5.41) is 0.192. The predicted molar refractivity (Wildman–Crippen MR) is 75.3 cm³/mol. The first kappa shape index (κ1) is 13.7. The van der Waals surface area contributed by atoms with Gasteiger partial charge in [-0.25, -0.2) is 8.42 Å². The number of hydrogen-bond acceptors (Lipinski definition) is 3. The summed E-state index contributed by atoms with van der Waals surface area (Å²) in [5.41, 5.74) is 1.05. The third-order valence-corrected chi connectivity index (χ3v) is 5.41. The summed E-state index contributed by atoms with van der Waals surface area (Å²) in [5.74, 6) is 0.139. The van der Waals surface area contributed by atoms with Gasteiger partial charge in [0.15, 0.2) is 9.84 Å². The number of piperidine rings is 1. The van der Waals surface area contributed by atoms with Gasteiger partial charge in [-0.15, -0.1) is 11.6 Å². The Morgan fingerprint density at radius 3 is 2.56 bits per heavy atom. The van der Waals surface area contributed by atoms with Gasteiger partial charge in [0, 0.05) is 18.8 Å². The molecule has 0 amide bonds. The Morgan fingerprint density at radius 2 is 2.00 bits per heavy atom. The Hall–Kier alpha value is -0.740. The molecule has 0 spiro atoms. The molecule has 5 heteroatoms. The summed E-state index contributed by atoms with van der Waals surface area (Å²) in [7, 11) is -3.10. The molecule has 0 radical (unpaired) electrons. The Bertz CT molecular complexity index is 498. The van der Waals surface area contributed by atoms with E-state index in [1.807, 2.05) is 12.1 Å². The zero-order chi connectivity index (χ0) is 13.2. The summed E-state index contributed by atoms with van der Waals surface area (Å²) >= 11 is 6.15. The van der Waals surface area contributed by atoms with Crippen molar-refractivity contribution in [3.63, 3.8) is 0 Å². The normalized spacial score (nSPS) is 21.0. The van der Waals surface area contributed by atoms with Crippen LogP contribution in [0.4, 0.5) is 5.69 Å². The van der Waals surface area contributed by atoms with E-state index in [9.17, 15) is 8.42 Å². The van der Waals surface area contributed by atoms with Crippen LogP contribution < -0.4 is 4.90 Å². The van der Waals surface area contributed by atoms with Crippen LogP contribution in [0.25, 0.3) is 0 Å². The van der Waals surface area contributed by atoms with Crippen molar-refractivity contribution in [2.75, 3.05) is 23.7 Å². The minimum Gasteiger partial charge on any atom is -0.370 e. The zero-order valence-electron chi connectivity index (χ0n) is 10.5. The highest BCUT2D eigenvalue weighted by molar-refractivity contribution is 7.91. The lowest BCUT2D eigenvalue weighted by molar-refractivity contribution is 0.584. The van der Waals surface area contributed by atoms with E-state index < -0.39 is 9.84 Å². The molecule has 1 saturated heterocycles. The summed E-state index contributed by atoms with van der Waals surface area (Å²) < 4.78 is 23.4. The average molecular weight is 288 g/mol. The van der Waals surface area contributed by atoms with Crippen molar-refractivity contribution in [1.82, 2.24) is 0 Å². The number of hydrogen-bond donors (Lipinski definition) is 0. The average Bonchev–Trinajstić information content (AvgIpc) is 2.39. The van der Waals surface area contributed by atoms with E-state index >= 15 is 0 Å². The van der Waals surface area contributed by atoms with Crippen LogP contribution >= 0.6 is 11.6 Å². The third-order valence-electron chi connectivity index (χ3n) is 3.30. The molecule has 1 atom stereocenters. The molecule has 2 rings (SSSR count). The molecule has 18 heavy (non-hydrogen) atoms. The van der Waals surface area contributed by atoms with E-state index in [1.165, 1.54) is 0 Å². The van der Waals surface area contributed by atoms with Crippen LogP contribution in [-0.2, 0) is 9.84 Å². The van der Waals surface area contributed by atoms with Crippen molar-refractivity contribution in [2.24, 2.45) is 0 Å². The Labute approximate surface area is 114 Å². The maximum Gasteiger partial charge on any atom is 0.178 e. The topological polar surface area (TPSA) is 37.4 Å². The van der Waals surface area contributed by atoms with Gasteiger partial charge in [-0.1, -0.05) is 6.92 Å². The number of alkyl halides is 1. The first-order valence-corrected chi connectivity index (χ1v) is 8.33. The fourth-order valence-corrected chi connectivity index (χ4v) is 3.40. The highest BCUT2D eigenvalue weighted by Crippen LogP contribution is 2.24. The minimum absolute atomic E-state index is 0.139. The molecule has 1 aromatic carbocycles. The Kier molecular flexibility index (Phi) is 4.17. The van der Waals surface area contributed by atoms with Crippen LogP contribution in [0.15, 0.2) is 29.2 Å². The van der Waals surface area contributed by atoms with E-state index in [1.54, 1.807) is 19.1 Å². The van der Waals surface area contributed by atoms with Crippen LogP contribution in [0.3, 0.4) is 0 Å². The zero-order valence-corrected chi connectivity index (χ0v) is 12.0. The van der Waals surface area contributed by atoms with Crippen molar-refractivity contribution in [3.8, 4) is 0 Å². The first-order chi connectivity index (χ1) is 8.53. The molecule has 0 saturated carbocycles. The molecule has 1 unspecified atom stereocenters. The molecule has 1 aromatic rings. The molecule has 100 valence electrons. The van der Waals surface area contributed by atoms with Gasteiger partial charge >= 0.3 is 0 Å². The Balaban J connectivity index is 2.17. The van der Waals surface area contributed by atoms with Gasteiger partial charge in [-0.05, 0) is 37.1 Å². The van der Waals surface area contributed by atoms with Gasteiger partial charge < -0.3 is 4.90 Å². The van der Waals surface area contributed by atoms with Gasteiger partial charge in [0.1, 0.15) is 0 Å². The SMILES string of the molecule is CCS(=O)(=O)c1ccc(N2CCCC(Cl)C2)cc1. The van der Waals surface area contributed by atoms with E-state index in [0.717, 1.165) is 31.6 Å². The molecule has 1 aliphatic rings. The van der Waals surface area contributed by atoms with E-state index in [4.69, 9.17) is 11.6 Å². The van der Waals surface area contributed by atoms with E-state index in [0.29, 0.717) is 4.90 Å². The molecule has 0 bridgehead atoms. The summed E-state index contributed by atoms with van der Waals surface area (Å²) in [6.45, 7) is 3.48. The predicted octanol–water partition coefficient (Wildman–Crippen LogP) is 2.69. The quantitative estimate of drug-likeness (QED) is 0.802.